The quantitative estimate of drug-likeness (QED) is 0.495. The Morgan fingerprint density at radius 2 is 2.18 bits per heavy atom. The Morgan fingerprint density at radius 1 is 1.55 bits per heavy atom. The van der Waals surface area contributed by atoms with Gasteiger partial charge in [0.2, 0.25) is 0 Å². The number of allylic oxidation sites excluding steroid dienone is 4. The van der Waals surface area contributed by atoms with Crippen LogP contribution in [0.3, 0.4) is 0 Å². The van der Waals surface area contributed by atoms with E-state index in [0.717, 1.165) is 0 Å². The Balaban J connectivity index is 4.23. The van der Waals surface area contributed by atoms with Crippen molar-refractivity contribution in [2.75, 3.05) is 0 Å². The van der Waals surface area contributed by atoms with Gasteiger partial charge in [-0.15, -0.1) is 0 Å². The maximum atomic E-state index is 10.4. The minimum absolute atomic E-state index is 0.406. The molecule has 0 unspecified atom stereocenters. The first-order valence-electron chi connectivity index (χ1n) is 3.44. The molecule has 2 heteroatoms. The molecule has 2 nitrogen and oxygen atoms in total. The predicted molar refractivity (Wildman–Crippen MR) is 45.3 cm³/mol. The highest BCUT2D eigenvalue weighted by atomic mass is 16.4. The van der Waals surface area contributed by atoms with Gasteiger partial charge in [0, 0.05) is 5.57 Å². The minimum atomic E-state index is -0.860. The summed E-state index contributed by atoms with van der Waals surface area (Å²) in [5.74, 6) is -0.860. The van der Waals surface area contributed by atoms with Gasteiger partial charge in [0.25, 0.3) is 0 Å². The third kappa shape index (κ3) is 4.14. The second-order valence-corrected chi connectivity index (χ2v) is 1.97. The van der Waals surface area contributed by atoms with Crippen LogP contribution in [0, 0.1) is 0 Å². The van der Waals surface area contributed by atoms with Crippen LogP contribution in [0.15, 0.2) is 36.5 Å². The smallest absolute Gasteiger partial charge is 0.331 e. The van der Waals surface area contributed by atoms with E-state index in [1.807, 2.05) is 6.92 Å². The highest BCUT2D eigenvalue weighted by Gasteiger charge is 2.00. The van der Waals surface area contributed by atoms with Crippen LogP contribution in [0.4, 0.5) is 0 Å². The van der Waals surface area contributed by atoms with Crippen molar-refractivity contribution >= 4 is 5.97 Å². The normalized spacial score (nSPS) is 11.9. The molecule has 0 fully saturated rings. The zero-order chi connectivity index (χ0) is 8.69. The van der Waals surface area contributed by atoms with E-state index >= 15 is 0 Å². The van der Waals surface area contributed by atoms with Crippen molar-refractivity contribution in [3.63, 3.8) is 0 Å². The van der Waals surface area contributed by atoms with Crippen LogP contribution in [0.5, 0.6) is 0 Å². The molecule has 0 aliphatic heterocycles. The summed E-state index contributed by atoms with van der Waals surface area (Å²) in [6.07, 6.45) is 7.07. The Morgan fingerprint density at radius 3 is 2.55 bits per heavy atom. The lowest BCUT2D eigenvalue weighted by Gasteiger charge is -1.92. The van der Waals surface area contributed by atoms with E-state index in [9.17, 15) is 4.79 Å². The molecule has 0 aliphatic rings. The first-order valence-corrected chi connectivity index (χ1v) is 3.44. The van der Waals surface area contributed by atoms with Crippen LogP contribution in [-0.4, -0.2) is 11.1 Å². The first-order chi connectivity index (χ1) is 5.22. The van der Waals surface area contributed by atoms with Gasteiger partial charge < -0.3 is 5.11 Å². The van der Waals surface area contributed by atoms with Crippen molar-refractivity contribution in [2.24, 2.45) is 0 Å². The molecule has 0 aliphatic carbocycles. The summed E-state index contributed by atoms with van der Waals surface area (Å²) >= 11 is 0. The summed E-state index contributed by atoms with van der Waals surface area (Å²) in [5, 5.41) is 8.54. The van der Waals surface area contributed by atoms with Crippen LogP contribution in [0.1, 0.15) is 13.3 Å². The molecule has 1 N–H and O–H groups in total. The number of hydrogen-bond donors (Lipinski definition) is 1. The molecule has 0 saturated carbocycles. The Hall–Kier alpha value is -1.31. The van der Waals surface area contributed by atoms with Gasteiger partial charge in [0.1, 0.15) is 0 Å². The molecule has 0 aromatic heterocycles. The van der Waals surface area contributed by atoms with E-state index in [1.165, 1.54) is 0 Å². The second-order valence-electron chi connectivity index (χ2n) is 1.97. The fraction of sp³-hybridized carbons (Fsp3) is 0.222. The molecule has 0 bridgehead atoms. The van der Waals surface area contributed by atoms with Crippen LogP contribution >= 0.6 is 0 Å². The van der Waals surface area contributed by atoms with Crippen LogP contribution < -0.4 is 0 Å². The van der Waals surface area contributed by atoms with E-state index < -0.39 is 5.97 Å². The maximum Gasteiger partial charge on any atom is 0.331 e. The van der Waals surface area contributed by atoms with Crippen LogP contribution in [0.25, 0.3) is 0 Å². The molecule has 0 aromatic carbocycles. The fourth-order valence-corrected chi connectivity index (χ4v) is 0.591. The van der Waals surface area contributed by atoms with Crippen molar-refractivity contribution in [3.8, 4) is 0 Å². The number of hydrogen-bond acceptors (Lipinski definition) is 1. The molecule has 0 heterocycles. The van der Waals surface area contributed by atoms with Gasteiger partial charge in [0.15, 0.2) is 0 Å². The molecule has 0 spiro atoms. The predicted octanol–water partition coefficient (Wildman–Crippen LogP) is 2.15. The highest BCUT2D eigenvalue weighted by molar-refractivity contribution is 5.86. The second kappa shape index (κ2) is 5.47. The topological polar surface area (TPSA) is 37.3 Å². The third-order valence-corrected chi connectivity index (χ3v) is 1.20. The number of rotatable bonds is 4. The van der Waals surface area contributed by atoms with Gasteiger partial charge in [-0.3, -0.25) is 0 Å². The van der Waals surface area contributed by atoms with E-state index in [4.69, 9.17) is 5.11 Å². The molecule has 0 radical (unpaired) electrons. The monoisotopic (exact) mass is 152 g/mol. The SMILES string of the molecule is C=C/C=C\C=C(/CC)C(=O)O. The maximum absolute atomic E-state index is 10.4. The number of carboxylic acid groups (broad SMARTS) is 1. The van der Waals surface area contributed by atoms with Crippen molar-refractivity contribution in [1.29, 1.82) is 0 Å². The number of carboxylic acids is 1. The fourth-order valence-electron chi connectivity index (χ4n) is 0.591. The lowest BCUT2D eigenvalue weighted by molar-refractivity contribution is -0.132. The third-order valence-electron chi connectivity index (χ3n) is 1.20. The summed E-state index contributed by atoms with van der Waals surface area (Å²) in [4.78, 5) is 10.4. The highest BCUT2D eigenvalue weighted by Crippen LogP contribution is 2.00. The Kier molecular flexibility index (Phi) is 4.82. The number of carbonyl (C=O) groups is 1. The zero-order valence-electron chi connectivity index (χ0n) is 6.58. The van der Waals surface area contributed by atoms with Crippen molar-refractivity contribution in [2.45, 2.75) is 13.3 Å². The van der Waals surface area contributed by atoms with Gasteiger partial charge in [-0.1, -0.05) is 37.8 Å². The molecule has 0 rings (SSSR count). The largest absolute Gasteiger partial charge is 0.478 e. The van der Waals surface area contributed by atoms with Crippen molar-refractivity contribution in [1.82, 2.24) is 0 Å². The lowest BCUT2D eigenvalue weighted by Crippen LogP contribution is -1.97. The summed E-state index contributed by atoms with van der Waals surface area (Å²) < 4.78 is 0. The van der Waals surface area contributed by atoms with Crippen molar-refractivity contribution < 1.29 is 9.90 Å². The van der Waals surface area contributed by atoms with E-state index in [1.54, 1.807) is 24.3 Å². The lowest BCUT2D eigenvalue weighted by atomic mass is 10.2. The average molecular weight is 152 g/mol. The van der Waals surface area contributed by atoms with Gasteiger partial charge in [-0.05, 0) is 6.42 Å². The van der Waals surface area contributed by atoms with E-state index in [-0.39, 0.29) is 0 Å². The number of aliphatic carboxylic acids is 1. The molecule has 0 atom stereocenters. The summed E-state index contributed by atoms with van der Waals surface area (Å²) in [7, 11) is 0. The van der Waals surface area contributed by atoms with E-state index in [0.29, 0.717) is 12.0 Å². The Labute approximate surface area is 66.5 Å². The molecule has 0 saturated heterocycles. The minimum Gasteiger partial charge on any atom is -0.478 e. The summed E-state index contributed by atoms with van der Waals surface area (Å²) in [6.45, 7) is 5.27. The molecular formula is C9H12O2. The first kappa shape index (κ1) is 9.69. The molecule has 60 valence electrons. The van der Waals surface area contributed by atoms with Gasteiger partial charge in [-0.2, -0.15) is 0 Å². The Bertz CT molecular complexity index is 200. The van der Waals surface area contributed by atoms with Crippen molar-refractivity contribution in [3.05, 3.63) is 36.5 Å². The van der Waals surface area contributed by atoms with Gasteiger partial charge in [-0.25, -0.2) is 4.79 Å². The average Bonchev–Trinajstić information content (AvgIpc) is 1.97. The van der Waals surface area contributed by atoms with Gasteiger partial charge >= 0.3 is 5.97 Å². The van der Waals surface area contributed by atoms with Crippen LogP contribution in [-0.2, 0) is 4.79 Å². The van der Waals surface area contributed by atoms with Gasteiger partial charge in [0.05, 0.1) is 0 Å². The molecule has 0 aromatic rings. The summed E-state index contributed by atoms with van der Waals surface area (Å²) in [5.41, 5.74) is 0.406. The zero-order valence-corrected chi connectivity index (χ0v) is 6.58. The molecule has 0 amide bonds. The summed E-state index contributed by atoms with van der Waals surface area (Å²) in [6, 6.07) is 0. The van der Waals surface area contributed by atoms with Crippen LogP contribution in [0.2, 0.25) is 0 Å². The standard InChI is InChI=1S/C9H12O2/c1-3-5-6-7-8(4-2)9(10)11/h3,5-7H,1,4H2,2H3,(H,10,11)/b6-5-,8-7+. The molecule has 11 heavy (non-hydrogen) atoms. The van der Waals surface area contributed by atoms with E-state index in [2.05, 4.69) is 6.58 Å². The molecular weight excluding hydrogens is 140 g/mol.